The number of ketones is 1. The second kappa shape index (κ2) is 7.93. The first-order chi connectivity index (χ1) is 17.0. The number of hydrogen-bond acceptors (Lipinski definition) is 6. The van der Waals surface area contributed by atoms with Gasteiger partial charge in [0.05, 0.1) is 12.8 Å². The van der Waals surface area contributed by atoms with Gasteiger partial charge in [0, 0.05) is 41.0 Å². The van der Waals surface area contributed by atoms with E-state index in [2.05, 4.69) is 0 Å². The zero-order valence-electron chi connectivity index (χ0n) is 20.3. The summed E-state index contributed by atoms with van der Waals surface area (Å²) in [5, 5.41) is 0.177. The van der Waals surface area contributed by atoms with E-state index >= 15 is 4.39 Å². The van der Waals surface area contributed by atoms with Gasteiger partial charge in [-0.15, -0.1) is 0 Å². The third-order valence-electron chi connectivity index (χ3n) is 7.20. The Balaban J connectivity index is 1.96. The number of carbonyl (C=O) groups is 3. The Labute approximate surface area is 212 Å². The molecule has 2 N–H and O–H groups in total. The second-order valence-corrected chi connectivity index (χ2v) is 10.5. The molecule has 186 valence electrons. The van der Waals surface area contributed by atoms with Crippen molar-refractivity contribution in [3.63, 3.8) is 0 Å². The molecule has 7 nitrogen and oxygen atoms in total. The number of amides is 1. The summed E-state index contributed by atoms with van der Waals surface area (Å²) in [6.45, 7) is 3.84. The van der Waals surface area contributed by atoms with Gasteiger partial charge in [0.15, 0.2) is 5.78 Å². The van der Waals surface area contributed by atoms with E-state index in [1.54, 1.807) is 31.3 Å². The van der Waals surface area contributed by atoms with Crippen LogP contribution in [0.3, 0.4) is 0 Å². The van der Waals surface area contributed by atoms with Gasteiger partial charge in [0.1, 0.15) is 22.6 Å². The number of benzene rings is 2. The highest BCUT2D eigenvalue weighted by molar-refractivity contribution is 6.30. The smallest absolute Gasteiger partial charge is 0.339 e. The van der Waals surface area contributed by atoms with Gasteiger partial charge in [-0.3, -0.25) is 14.5 Å². The number of nitrogens with zero attached hydrogens (tertiary/aromatic N) is 2. The molecule has 1 amide bonds. The van der Waals surface area contributed by atoms with Crippen molar-refractivity contribution in [1.29, 1.82) is 0 Å². The maximum Gasteiger partial charge on any atom is 0.339 e. The fraction of sp³-hybridized carbons (Fsp3) is 0.296. The Kier molecular flexibility index (Phi) is 5.30. The lowest BCUT2D eigenvalue weighted by molar-refractivity contribution is -0.138. The molecule has 0 saturated heterocycles. The van der Waals surface area contributed by atoms with Crippen molar-refractivity contribution in [3.8, 4) is 0 Å². The zero-order chi connectivity index (χ0) is 26.2. The van der Waals surface area contributed by atoms with Gasteiger partial charge in [-0.05, 0) is 36.1 Å². The third kappa shape index (κ3) is 3.07. The standard InChI is InChI=1S/C27H25ClFN3O4/c1-26(2)12-19-21(20(33)13-26)27(15-7-5-6-8-17(15)31(3)25(27)35)22(24(34)36-4)23(30)32(19)18-10-9-14(28)11-16(18)29/h5-11H,12-13,30H2,1-4H3. The van der Waals surface area contributed by atoms with E-state index in [1.807, 2.05) is 13.8 Å². The first kappa shape index (κ1) is 24.1. The number of nitrogens with two attached hydrogens (primary N) is 1. The van der Waals surface area contributed by atoms with Crippen LogP contribution in [-0.2, 0) is 24.5 Å². The van der Waals surface area contributed by atoms with Crippen molar-refractivity contribution in [1.82, 2.24) is 0 Å². The average Bonchev–Trinajstić information content (AvgIpc) is 3.02. The van der Waals surface area contributed by atoms with Crippen LogP contribution in [0.25, 0.3) is 0 Å². The number of para-hydroxylation sites is 1. The van der Waals surface area contributed by atoms with Crippen molar-refractivity contribution in [2.75, 3.05) is 24.0 Å². The zero-order valence-corrected chi connectivity index (χ0v) is 21.1. The van der Waals surface area contributed by atoms with E-state index < -0.39 is 28.5 Å². The summed E-state index contributed by atoms with van der Waals surface area (Å²) in [4.78, 5) is 44.3. The molecule has 2 heterocycles. The van der Waals surface area contributed by atoms with Gasteiger partial charge in [0.2, 0.25) is 5.91 Å². The number of anilines is 2. The van der Waals surface area contributed by atoms with Gasteiger partial charge in [-0.1, -0.05) is 43.6 Å². The summed E-state index contributed by atoms with van der Waals surface area (Å²) < 4.78 is 20.4. The number of methoxy groups -OCH3 is 1. The summed E-state index contributed by atoms with van der Waals surface area (Å²) in [6, 6.07) is 11.0. The van der Waals surface area contributed by atoms with E-state index in [4.69, 9.17) is 22.1 Å². The van der Waals surface area contributed by atoms with Crippen LogP contribution in [0, 0.1) is 11.2 Å². The van der Waals surface area contributed by atoms with Gasteiger partial charge in [-0.25, -0.2) is 9.18 Å². The molecule has 1 atom stereocenters. The van der Waals surface area contributed by atoms with Crippen LogP contribution in [0.15, 0.2) is 65.1 Å². The number of halogens is 2. The lowest BCUT2D eigenvalue weighted by Gasteiger charge is -2.47. The maximum absolute atomic E-state index is 15.3. The number of rotatable bonds is 2. The molecule has 0 radical (unpaired) electrons. The Morgan fingerprint density at radius 3 is 2.47 bits per heavy atom. The number of hydrogen-bond donors (Lipinski definition) is 1. The minimum Gasteiger partial charge on any atom is -0.466 e. The molecule has 1 spiro atoms. The number of esters is 1. The molecule has 2 aromatic carbocycles. The molecule has 1 aliphatic carbocycles. The summed E-state index contributed by atoms with van der Waals surface area (Å²) in [6.07, 6.45) is 0.449. The number of allylic oxidation sites excluding steroid dienone is 1. The Morgan fingerprint density at radius 1 is 1.11 bits per heavy atom. The molecule has 9 heteroatoms. The minimum atomic E-state index is -1.81. The van der Waals surface area contributed by atoms with Gasteiger partial charge in [0.25, 0.3) is 0 Å². The van der Waals surface area contributed by atoms with Crippen molar-refractivity contribution >= 4 is 40.6 Å². The predicted molar refractivity (Wildman–Crippen MR) is 134 cm³/mol. The van der Waals surface area contributed by atoms with Crippen LogP contribution >= 0.6 is 11.6 Å². The molecule has 0 aromatic heterocycles. The average molecular weight is 510 g/mol. The molecule has 1 unspecified atom stereocenters. The van der Waals surface area contributed by atoms with E-state index in [0.29, 0.717) is 23.4 Å². The molecule has 2 aliphatic heterocycles. The third-order valence-corrected chi connectivity index (χ3v) is 7.44. The number of fused-ring (bicyclic) bond motifs is 3. The quantitative estimate of drug-likeness (QED) is 0.610. The Hall–Kier alpha value is -3.65. The normalized spacial score (nSPS) is 22.8. The molecular weight excluding hydrogens is 485 g/mol. The van der Waals surface area contributed by atoms with Crippen LogP contribution < -0.4 is 15.5 Å². The number of ether oxygens (including phenoxy) is 1. The number of likely N-dealkylation sites (N-methyl/N-ethyl adjacent to an activating group) is 1. The Bertz CT molecular complexity index is 1430. The molecule has 5 rings (SSSR count). The van der Waals surface area contributed by atoms with Crippen molar-refractivity contribution < 1.29 is 23.5 Å². The first-order valence-corrected chi connectivity index (χ1v) is 11.8. The molecular formula is C27H25ClFN3O4. The van der Waals surface area contributed by atoms with Crippen LogP contribution in [-0.4, -0.2) is 31.8 Å². The highest BCUT2D eigenvalue weighted by Gasteiger charge is 2.64. The first-order valence-electron chi connectivity index (χ1n) is 11.4. The van der Waals surface area contributed by atoms with Crippen LogP contribution in [0.1, 0.15) is 32.3 Å². The highest BCUT2D eigenvalue weighted by Crippen LogP contribution is 2.58. The maximum atomic E-state index is 15.3. The van der Waals surface area contributed by atoms with E-state index in [1.165, 1.54) is 29.0 Å². The van der Waals surface area contributed by atoms with Crippen molar-refractivity contribution in [3.05, 3.63) is 81.5 Å². The van der Waals surface area contributed by atoms with Crippen LogP contribution in [0.2, 0.25) is 5.02 Å². The minimum absolute atomic E-state index is 0.0123. The summed E-state index contributed by atoms with van der Waals surface area (Å²) in [7, 11) is 2.76. The fourth-order valence-electron chi connectivity index (χ4n) is 5.82. The van der Waals surface area contributed by atoms with Gasteiger partial charge >= 0.3 is 5.97 Å². The molecule has 0 fully saturated rings. The largest absolute Gasteiger partial charge is 0.466 e. The molecule has 36 heavy (non-hydrogen) atoms. The lowest BCUT2D eigenvalue weighted by atomic mass is 9.60. The van der Waals surface area contributed by atoms with Crippen molar-refractivity contribution in [2.24, 2.45) is 11.1 Å². The summed E-state index contributed by atoms with van der Waals surface area (Å²) >= 11 is 6.00. The number of carbonyl (C=O) groups excluding carboxylic acids is 3. The van der Waals surface area contributed by atoms with Gasteiger partial charge < -0.3 is 15.4 Å². The van der Waals surface area contributed by atoms with E-state index in [-0.39, 0.29) is 39.9 Å². The van der Waals surface area contributed by atoms with Crippen LogP contribution in [0.5, 0.6) is 0 Å². The van der Waals surface area contributed by atoms with E-state index in [9.17, 15) is 14.4 Å². The predicted octanol–water partition coefficient (Wildman–Crippen LogP) is 4.20. The fourth-order valence-corrected chi connectivity index (χ4v) is 5.98. The monoisotopic (exact) mass is 509 g/mol. The highest BCUT2D eigenvalue weighted by atomic mass is 35.5. The molecule has 0 saturated carbocycles. The topological polar surface area (TPSA) is 92.9 Å². The second-order valence-electron chi connectivity index (χ2n) is 10.1. The number of Topliss-reactive ketones (excluding diaryl/α,β-unsaturated/α-hetero) is 1. The molecule has 3 aliphatic rings. The molecule has 0 bridgehead atoms. The summed E-state index contributed by atoms with van der Waals surface area (Å²) in [5.41, 5.74) is 5.66. The van der Waals surface area contributed by atoms with Crippen LogP contribution in [0.4, 0.5) is 15.8 Å². The Morgan fingerprint density at radius 2 is 1.81 bits per heavy atom. The lowest BCUT2D eigenvalue weighted by Crippen LogP contribution is -2.55. The summed E-state index contributed by atoms with van der Waals surface area (Å²) in [5.74, 6) is -2.55. The molecule has 2 aromatic rings. The van der Waals surface area contributed by atoms with Gasteiger partial charge in [-0.2, -0.15) is 0 Å². The van der Waals surface area contributed by atoms with E-state index in [0.717, 1.165) is 6.07 Å². The van der Waals surface area contributed by atoms with Crippen molar-refractivity contribution in [2.45, 2.75) is 32.1 Å². The SMILES string of the molecule is COC(=O)C1=C(N)N(c2ccc(Cl)cc2F)C2=C(C(=O)CC(C)(C)C2)C12C(=O)N(C)c1ccccc12.